The van der Waals surface area contributed by atoms with Crippen molar-refractivity contribution >= 4 is 17.6 Å². The second-order valence-corrected chi connectivity index (χ2v) is 7.33. The molecule has 2 amide bonds. The number of amides is 2. The maximum absolute atomic E-state index is 13.4. The van der Waals surface area contributed by atoms with E-state index in [0.29, 0.717) is 31.7 Å². The highest BCUT2D eigenvalue weighted by molar-refractivity contribution is 5.94. The van der Waals surface area contributed by atoms with Gasteiger partial charge in [-0.25, -0.2) is 4.39 Å². The fraction of sp³-hybridized carbons (Fsp3) is 0.550. The van der Waals surface area contributed by atoms with E-state index >= 15 is 0 Å². The zero-order valence-corrected chi connectivity index (χ0v) is 16.2. The number of ketones is 1. The Morgan fingerprint density at radius 1 is 1.15 bits per heavy atom. The molecule has 1 aromatic rings. The zero-order valence-electron chi connectivity index (χ0n) is 16.2. The number of hydrogen-bond acceptors (Lipinski definition) is 4. The predicted octanol–water partition coefficient (Wildman–Crippen LogP) is 1.70. The predicted molar refractivity (Wildman–Crippen MR) is 101 cm³/mol. The van der Waals surface area contributed by atoms with Crippen molar-refractivity contribution in [3.63, 3.8) is 0 Å². The minimum atomic E-state index is -0.476. The Morgan fingerprint density at radius 2 is 1.89 bits per heavy atom. The molecule has 1 N–H and O–H groups in total. The first-order chi connectivity index (χ1) is 12.8. The summed E-state index contributed by atoms with van der Waals surface area (Å²) in [5.41, 5.74) is 0.336. The largest absolute Gasteiger partial charge is 0.345 e. The van der Waals surface area contributed by atoms with E-state index in [1.165, 1.54) is 25.1 Å². The van der Waals surface area contributed by atoms with Crippen LogP contribution in [0.1, 0.15) is 37.6 Å². The lowest BCUT2D eigenvalue weighted by molar-refractivity contribution is -0.128. The van der Waals surface area contributed by atoms with Gasteiger partial charge in [-0.1, -0.05) is 19.9 Å². The Morgan fingerprint density at radius 3 is 2.52 bits per heavy atom. The fourth-order valence-electron chi connectivity index (χ4n) is 3.30. The number of nitrogens with zero attached hydrogens (tertiary/aromatic N) is 2. The number of rotatable bonds is 6. The van der Waals surface area contributed by atoms with Gasteiger partial charge in [0.2, 0.25) is 5.91 Å². The van der Waals surface area contributed by atoms with Crippen LogP contribution >= 0.6 is 0 Å². The first kappa shape index (κ1) is 21.0. The number of halogens is 1. The quantitative estimate of drug-likeness (QED) is 0.819. The van der Waals surface area contributed by atoms with E-state index in [2.05, 4.69) is 5.32 Å². The van der Waals surface area contributed by atoms with E-state index in [9.17, 15) is 18.8 Å². The Labute approximate surface area is 159 Å². The Kier molecular flexibility index (Phi) is 7.47. The molecule has 0 aliphatic carbocycles. The van der Waals surface area contributed by atoms with Gasteiger partial charge in [0.15, 0.2) is 5.78 Å². The number of benzene rings is 1. The van der Waals surface area contributed by atoms with Gasteiger partial charge in [0.05, 0.1) is 12.6 Å². The molecule has 1 saturated heterocycles. The molecule has 6 nitrogen and oxygen atoms in total. The van der Waals surface area contributed by atoms with Gasteiger partial charge in [-0.2, -0.15) is 0 Å². The third kappa shape index (κ3) is 6.13. The average Bonchev–Trinajstić information content (AvgIpc) is 2.84. The molecule has 1 aromatic carbocycles. The van der Waals surface area contributed by atoms with Crippen molar-refractivity contribution in [2.45, 2.75) is 33.2 Å². The molecule has 0 spiro atoms. The molecule has 0 saturated carbocycles. The molecule has 27 heavy (non-hydrogen) atoms. The summed E-state index contributed by atoms with van der Waals surface area (Å²) in [5, 5.41) is 2.80. The second-order valence-electron chi connectivity index (χ2n) is 7.33. The van der Waals surface area contributed by atoms with Crippen LogP contribution in [-0.4, -0.2) is 66.2 Å². The Balaban J connectivity index is 1.90. The highest BCUT2D eigenvalue weighted by atomic mass is 19.1. The van der Waals surface area contributed by atoms with Crippen LogP contribution in [0.15, 0.2) is 24.3 Å². The molecule has 148 valence electrons. The molecule has 0 aromatic heterocycles. The third-order valence-electron chi connectivity index (χ3n) is 4.74. The summed E-state index contributed by atoms with van der Waals surface area (Å²) in [7, 11) is 0. The first-order valence-corrected chi connectivity index (χ1v) is 9.35. The van der Waals surface area contributed by atoms with Crippen molar-refractivity contribution < 1.29 is 18.8 Å². The van der Waals surface area contributed by atoms with E-state index in [1.807, 2.05) is 18.7 Å². The van der Waals surface area contributed by atoms with Crippen molar-refractivity contribution in [2.75, 3.05) is 32.7 Å². The lowest BCUT2D eigenvalue weighted by Gasteiger charge is -2.24. The highest BCUT2D eigenvalue weighted by Gasteiger charge is 2.24. The number of Topliss-reactive ketones (excluding diaryl/α,β-unsaturated/α-hetero) is 1. The van der Waals surface area contributed by atoms with Gasteiger partial charge < -0.3 is 10.2 Å². The minimum Gasteiger partial charge on any atom is -0.345 e. The Bertz CT molecular complexity index is 693. The maximum atomic E-state index is 13.4. The summed E-state index contributed by atoms with van der Waals surface area (Å²) < 4.78 is 13.4. The number of nitrogens with one attached hydrogen (secondary N) is 1. The summed E-state index contributed by atoms with van der Waals surface area (Å²) in [6.07, 6.45) is 0.731. The second kappa shape index (κ2) is 9.60. The molecule has 1 atom stereocenters. The zero-order chi connectivity index (χ0) is 20.0. The number of carbonyl (C=O) groups is 3. The van der Waals surface area contributed by atoms with Crippen molar-refractivity contribution in [2.24, 2.45) is 5.92 Å². The molecule has 2 rings (SSSR count). The van der Waals surface area contributed by atoms with Crippen LogP contribution in [0.3, 0.4) is 0 Å². The standard InChI is InChI=1S/C20H28FN3O3/c1-14(2)19(15(3)25)22-18(26)13-23-8-5-9-24(11-10-23)20(27)16-6-4-7-17(21)12-16/h4,6-7,12,14,19H,5,8-11,13H2,1-3H3,(H,22,26). The van der Waals surface area contributed by atoms with Gasteiger partial charge >= 0.3 is 0 Å². The topological polar surface area (TPSA) is 69.7 Å². The molecule has 1 heterocycles. The van der Waals surface area contributed by atoms with Gasteiger partial charge in [0, 0.05) is 31.7 Å². The Hall–Kier alpha value is -2.28. The molecular formula is C20H28FN3O3. The maximum Gasteiger partial charge on any atom is 0.254 e. The van der Waals surface area contributed by atoms with Crippen LogP contribution < -0.4 is 5.32 Å². The van der Waals surface area contributed by atoms with Crippen LogP contribution in [0.2, 0.25) is 0 Å². The van der Waals surface area contributed by atoms with E-state index in [-0.39, 0.29) is 30.1 Å². The van der Waals surface area contributed by atoms with Gasteiger partial charge in [-0.05, 0) is 37.5 Å². The monoisotopic (exact) mass is 377 g/mol. The van der Waals surface area contributed by atoms with Crippen LogP contribution in [0.5, 0.6) is 0 Å². The van der Waals surface area contributed by atoms with Gasteiger partial charge in [0.1, 0.15) is 5.82 Å². The number of carbonyl (C=O) groups excluding carboxylic acids is 3. The summed E-state index contributed by atoms with van der Waals surface area (Å²) in [6, 6.07) is 5.21. The third-order valence-corrected chi connectivity index (χ3v) is 4.74. The first-order valence-electron chi connectivity index (χ1n) is 9.35. The lowest BCUT2D eigenvalue weighted by Crippen LogP contribution is -2.48. The molecule has 1 aliphatic heterocycles. The SMILES string of the molecule is CC(=O)C(NC(=O)CN1CCCN(C(=O)c2cccc(F)c2)CC1)C(C)C. The molecule has 0 radical (unpaired) electrons. The molecule has 0 bridgehead atoms. The smallest absolute Gasteiger partial charge is 0.254 e. The summed E-state index contributed by atoms with van der Waals surface area (Å²) in [5.74, 6) is -0.832. The van der Waals surface area contributed by atoms with E-state index in [1.54, 1.807) is 11.0 Å². The van der Waals surface area contributed by atoms with E-state index < -0.39 is 11.9 Å². The van der Waals surface area contributed by atoms with E-state index in [4.69, 9.17) is 0 Å². The highest BCUT2D eigenvalue weighted by Crippen LogP contribution is 2.11. The normalized spacial score (nSPS) is 16.7. The molecule has 1 aliphatic rings. The van der Waals surface area contributed by atoms with Crippen molar-refractivity contribution in [3.8, 4) is 0 Å². The van der Waals surface area contributed by atoms with Crippen LogP contribution in [-0.2, 0) is 9.59 Å². The molecule has 7 heteroatoms. The molecular weight excluding hydrogens is 349 g/mol. The van der Waals surface area contributed by atoms with E-state index in [0.717, 1.165) is 6.42 Å². The van der Waals surface area contributed by atoms with Crippen molar-refractivity contribution in [1.29, 1.82) is 0 Å². The van der Waals surface area contributed by atoms with Crippen molar-refractivity contribution in [3.05, 3.63) is 35.6 Å². The summed E-state index contributed by atoms with van der Waals surface area (Å²) in [6.45, 7) is 7.75. The van der Waals surface area contributed by atoms with Crippen LogP contribution in [0.4, 0.5) is 4.39 Å². The average molecular weight is 377 g/mol. The van der Waals surface area contributed by atoms with Crippen LogP contribution in [0, 0.1) is 11.7 Å². The number of hydrogen-bond donors (Lipinski definition) is 1. The van der Waals surface area contributed by atoms with Gasteiger partial charge in [0.25, 0.3) is 5.91 Å². The van der Waals surface area contributed by atoms with Gasteiger partial charge in [-0.15, -0.1) is 0 Å². The summed E-state index contributed by atoms with van der Waals surface area (Å²) >= 11 is 0. The minimum absolute atomic E-state index is 0.0370. The molecule has 1 fully saturated rings. The van der Waals surface area contributed by atoms with Gasteiger partial charge in [-0.3, -0.25) is 19.3 Å². The molecule has 1 unspecified atom stereocenters. The van der Waals surface area contributed by atoms with Crippen LogP contribution in [0.25, 0.3) is 0 Å². The van der Waals surface area contributed by atoms with Crippen molar-refractivity contribution in [1.82, 2.24) is 15.1 Å². The lowest BCUT2D eigenvalue weighted by atomic mass is 10.0. The summed E-state index contributed by atoms with van der Waals surface area (Å²) in [4.78, 5) is 40.2. The fourth-order valence-corrected chi connectivity index (χ4v) is 3.30.